The van der Waals surface area contributed by atoms with Crippen molar-refractivity contribution in [2.45, 2.75) is 12.5 Å². The highest BCUT2D eigenvalue weighted by molar-refractivity contribution is 14.1. The molecule has 1 unspecified atom stereocenters. The van der Waals surface area contributed by atoms with E-state index in [4.69, 9.17) is 21.5 Å². The first-order valence-corrected chi connectivity index (χ1v) is 9.20. The van der Waals surface area contributed by atoms with Gasteiger partial charge in [0.05, 0.1) is 41.3 Å². The number of amides is 1. The first-order valence-electron chi connectivity index (χ1n) is 7.74. The molecule has 2 aromatic carbocycles. The summed E-state index contributed by atoms with van der Waals surface area (Å²) in [5.41, 5.74) is 1.78. The van der Waals surface area contributed by atoms with E-state index in [9.17, 15) is 18.7 Å². The van der Waals surface area contributed by atoms with Crippen molar-refractivity contribution in [3.05, 3.63) is 56.1 Å². The zero-order chi connectivity index (χ0) is 20.0. The lowest BCUT2D eigenvalue weighted by atomic mass is 10.1. The Bertz CT molecular complexity index is 826. The smallest absolute Gasteiger partial charge is 0.277 e. The molecule has 10 heteroatoms. The van der Waals surface area contributed by atoms with E-state index in [0.717, 1.165) is 15.7 Å². The molecule has 0 aliphatic carbocycles. The number of aliphatic hydroxyl groups is 2. The van der Waals surface area contributed by atoms with Gasteiger partial charge in [-0.25, -0.2) is 14.3 Å². The van der Waals surface area contributed by atoms with E-state index in [0.29, 0.717) is 5.69 Å². The Morgan fingerprint density at radius 3 is 2.70 bits per heavy atom. The van der Waals surface area contributed by atoms with Crippen molar-refractivity contribution in [3.8, 4) is 0 Å². The third-order valence-electron chi connectivity index (χ3n) is 3.46. The molecule has 0 saturated heterocycles. The summed E-state index contributed by atoms with van der Waals surface area (Å²) >= 11 is 8.14. The predicted octanol–water partition coefficient (Wildman–Crippen LogP) is 3.37. The summed E-state index contributed by atoms with van der Waals surface area (Å²) in [7, 11) is 0. The van der Waals surface area contributed by atoms with Crippen molar-refractivity contribution in [1.29, 1.82) is 0 Å². The van der Waals surface area contributed by atoms with Gasteiger partial charge in [0, 0.05) is 9.99 Å². The second-order valence-corrected chi connectivity index (χ2v) is 7.09. The SMILES string of the molecule is O=C(NOCCC(O)CO)c1ccc(F)c(F)c1Nc1ccc(I)cc1Cl. The third kappa shape index (κ3) is 5.98. The predicted molar refractivity (Wildman–Crippen MR) is 105 cm³/mol. The van der Waals surface area contributed by atoms with Crippen LogP contribution in [-0.2, 0) is 4.84 Å². The molecule has 0 heterocycles. The number of hydroxylamine groups is 1. The van der Waals surface area contributed by atoms with Crippen LogP contribution in [0.5, 0.6) is 0 Å². The van der Waals surface area contributed by atoms with Gasteiger partial charge in [-0.2, -0.15) is 0 Å². The summed E-state index contributed by atoms with van der Waals surface area (Å²) in [6, 6.07) is 6.82. The highest BCUT2D eigenvalue weighted by Gasteiger charge is 2.20. The lowest BCUT2D eigenvalue weighted by Crippen LogP contribution is -2.27. The monoisotopic (exact) mass is 512 g/mol. The molecule has 4 N–H and O–H groups in total. The van der Waals surface area contributed by atoms with Crippen LogP contribution in [0.1, 0.15) is 16.8 Å². The van der Waals surface area contributed by atoms with E-state index < -0.39 is 35.9 Å². The number of aliphatic hydroxyl groups excluding tert-OH is 2. The Labute approximate surface area is 172 Å². The largest absolute Gasteiger partial charge is 0.394 e. The van der Waals surface area contributed by atoms with E-state index in [2.05, 4.69) is 10.8 Å². The lowest BCUT2D eigenvalue weighted by Gasteiger charge is -2.15. The van der Waals surface area contributed by atoms with Crippen LogP contribution in [0.4, 0.5) is 20.2 Å². The van der Waals surface area contributed by atoms with Crippen molar-refractivity contribution in [3.63, 3.8) is 0 Å². The molecule has 0 fully saturated rings. The average Bonchev–Trinajstić information content (AvgIpc) is 2.64. The van der Waals surface area contributed by atoms with Gasteiger partial charge in [-0.3, -0.25) is 9.63 Å². The number of benzene rings is 2. The Morgan fingerprint density at radius 2 is 2.04 bits per heavy atom. The number of hydrogen-bond donors (Lipinski definition) is 4. The molecule has 0 bridgehead atoms. The first-order chi connectivity index (χ1) is 12.8. The highest BCUT2D eigenvalue weighted by Crippen LogP contribution is 2.31. The third-order valence-corrected chi connectivity index (χ3v) is 4.44. The average molecular weight is 513 g/mol. The number of hydrogen-bond acceptors (Lipinski definition) is 5. The number of nitrogens with one attached hydrogen (secondary N) is 2. The molecule has 1 atom stereocenters. The van der Waals surface area contributed by atoms with E-state index in [1.165, 1.54) is 0 Å². The molecular weight excluding hydrogens is 497 g/mol. The zero-order valence-corrected chi connectivity index (χ0v) is 16.7. The minimum absolute atomic E-state index is 0.0805. The van der Waals surface area contributed by atoms with E-state index in [1.807, 2.05) is 22.6 Å². The fourth-order valence-electron chi connectivity index (χ4n) is 2.05. The van der Waals surface area contributed by atoms with E-state index in [-0.39, 0.29) is 23.6 Å². The lowest BCUT2D eigenvalue weighted by molar-refractivity contribution is 0.00704. The van der Waals surface area contributed by atoms with Crippen molar-refractivity contribution >= 4 is 51.5 Å². The van der Waals surface area contributed by atoms with Crippen LogP contribution in [-0.4, -0.2) is 35.4 Å². The van der Waals surface area contributed by atoms with Crippen molar-refractivity contribution in [1.82, 2.24) is 5.48 Å². The molecule has 1 amide bonds. The van der Waals surface area contributed by atoms with E-state index in [1.54, 1.807) is 18.2 Å². The molecule has 2 rings (SSSR count). The molecule has 6 nitrogen and oxygen atoms in total. The maximum atomic E-state index is 14.3. The Morgan fingerprint density at radius 1 is 1.30 bits per heavy atom. The molecule has 0 aliphatic heterocycles. The Balaban J connectivity index is 2.19. The fourth-order valence-corrected chi connectivity index (χ4v) is 2.95. The molecule has 0 spiro atoms. The van der Waals surface area contributed by atoms with Crippen molar-refractivity contribution in [2.24, 2.45) is 0 Å². The van der Waals surface area contributed by atoms with Crippen LogP contribution in [0.15, 0.2) is 30.3 Å². The minimum Gasteiger partial charge on any atom is -0.394 e. The van der Waals surface area contributed by atoms with Gasteiger partial charge in [-0.05, 0) is 52.9 Å². The normalized spacial score (nSPS) is 11.9. The molecule has 146 valence electrons. The maximum absolute atomic E-state index is 14.3. The second-order valence-electron chi connectivity index (χ2n) is 5.44. The Kier molecular flexibility index (Phi) is 8.17. The molecule has 0 radical (unpaired) electrons. The number of rotatable bonds is 8. The topological polar surface area (TPSA) is 90.8 Å². The molecule has 0 aliphatic rings. The molecule has 0 saturated carbocycles. The first kappa shape index (κ1) is 21.8. The van der Waals surface area contributed by atoms with Crippen LogP contribution in [0, 0.1) is 15.2 Å². The van der Waals surface area contributed by atoms with Crippen LogP contribution in [0.2, 0.25) is 5.02 Å². The van der Waals surface area contributed by atoms with Gasteiger partial charge >= 0.3 is 0 Å². The fraction of sp³-hybridized carbons (Fsp3) is 0.235. The molecule has 2 aromatic rings. The van der Waals surface area contributed by atoms with Crippen LogP contribution < -0.4 is 10.8 Å². The standard InChI is InChI=1S/C17H16ClF2IN2O4/c18-12-7-9(21)1-4-14(12)22-16-11(2-3-13(19)15(16)20)17(26)23-27-6-5-10(25)8-24/h1-4,7,10,22,24-25H,5-6,8H2,(H,23,26). The zero-order valence-electron chi connectivity index (χ0n) is 13.8. The second kappa shape index (κ2) is 10.1. The van der Waals surface area contributed by atoms with Gasteiger partial charge in [-0.1, -0.05) is 11.6 Å². The summed E-state index contributed by atoms with van der Waals surface area (Å²) in [6.45, 7) is -0.520. The number of carbonyl (C=O) groups is 1. The molecular formula is C17H16ClF2IN2O4. The molecule has 27 heavy (non-hydrogen) atoms. The number of halogens is 4. The number of carbonyl (C=O) groups excluding carboxylic acids is 1. The van der Waals surface area contributed by atoms with Gasteiger partial charge < -0.3 is 15.5 Å². The summed E-state index contributed by atoms with van der Waals surface area (Å²) in [6.07, 6.45) is -0.900. The maximum Gasteiger partial charge on any atom is 0.277 e. The highest BCUT2D eigenvalue weighted by atomic mass is 127. The summed E-state index contributed by atoms with van der Waals surface area (Å²) in [5, 5.41) is 20.8. The molecule has 0 aromatic heterocycles. The van der Waals surface area contributed by atoms with Gasteiger partial charge in [0.1, 0.15) is 0 Å². The van der Waals surface area contributed by atoms with Gasteiger partial charge in [0.2, 0.25) is 0 Å². The quantitative estimate of drug-likeness (QED) is 0.247. The van der Waals surface area contributed by atoms with Gasteiger partial charge in [-0.15, -0.1) is 0 Å². The van der Waals surface area contributed by atoms with Gasteiger partial charge in [0.15, 0.2) is 11.6 Å². The van der Waals surface area contributed by atoms with E-state index >= 15 is 0 Å². The minimum atomic E-state index is -1.24. The number of anilines is 2. The van der Waals surface area contributed by atoms with Crippen LogP contribution in [0.3, 0.4) is 0 Å². The van der Waals surface area contributed by atoms with Crippen LogP contribution in [0.25, 0.3) is 0 Å². The summed E-state index contributed by atoms with van der Waals surface area (Å²) in [4.78, 5) is 17.2. The van der Waals surface area contributed by atoms with Crippen LogP contribution >= 0.6 is 34.2 Å². The Hall–Kier alpha value is -1.53. The van der Waals surface area contributed by atoms with Gasteiger partial charge in [0.25, 0.3) is 5.91 Å². The van der Waals surface area contributed by atoms with Crippen molar-refractivity contribution in [2.75, 3.05) is 18.5 Å². The van der Waals surface area contributed by atoms with Crippen molar-refractivity contribution < 1.29 is 28.6 Å². The summed E-state index contributed by atoms with van der Waals surface area (Å²) < 4.78 is 28.8. The summed E-state index contributed by atoms with van der Waals surface area (Å²) in [5.74, 6) is -3.20.